The van der Waals surface area contributed by atoms with Crippen molar-refractivity contribution < 1.29 is 4.74 Å². The van der Waals surface area contributed by atoms with Crippen LogP contribution in [0.15, 0.2) is 30.7 Å². The van der Waals surface area contributed by atoms with Gasteiger partial charge in [-0.3, -0.25) is 0 Å². The number of nitrogens with zero attached hydrogens (tertiary/aromatic N) is 2. The van der Waals surface area contributed by atoms with Crippen LogP contribution in [0.5, 0.6) is 5.75 Å². The van der Waals surface area contributed by atoms with Crippen molar-refractivity contribution in [2.24, 2.45) is 0 Å². The zero-order chi connectivity index (χ0) is 13.0. The maximum atomic E-state index is 5.20. The topological polar surface area (TPSA) is 39.1 Å². The lowest BCUT2D eigenvalue weighted by molar-refractivity contribution is 0.414. The Morgan fingerprint density at radius 3 is 2.89 bits per heavy atom. The van der Waals surface area contributed by atoms with E-state index < -0.39 is 0 Å². The number of hydrogen-bond acceptors (Lipinski definition) is 3. The molecule has 0 saturated carbocycles. The van der Waals surface area contributed by atoms with Gasteiger partial charge in [0.05, 0.1) is 25.7 Å². The SMILES string of the molecule is CCn1cncc1CNc1ccc(OC)cc1C. The van der Waals surface area contributed by atoms with Crippen LogP contribution in [-0.2, 0) is 13.1 Å². The third-order valence-corrected chi connectivity index (χ3v) is 3.03. The highest BCUT2D eigenvalue weighted by Crippen LogP contribution is 2.21. The molecule has 1 N–H and O–H groups in total. The smallest absolute Gasteiger partial charge is 0.119 e. The number of aromatic nitrogens is 2. The van der Waals surface area contributed by atoms with Crippen molar-refractivity contribution in [3.63, 3.8) is 0 Å². The summed E-state index contributed by atoms with van der Waals surface area (Å²) in [5.41, 5.74) is 3.49. The first-order chi connectivity index (χ1) is 8.74. The summed E-state index contributed by atoms with van der Waals surface area (Å²) in [7, 11) is 1.68. The minimum atomic E-state index is 0.779. The summed E-state index contributed by atoms with van der Waals surface area (Å²) in [6.07, 6.45) is 3.76. The summed E-state index contributed by atoms with van der Waals surface area (Å²) in [5, 5.41) is 3.42. The summed E-state index contributed by atoms with van der Waals surface area (Å²) >= 11 is 0. The summed E-state index contributed by atoms with van der Waals surface area (Å²) < 4.78 is 7.33. The molecule has 96 valence electrons. The van der Waals surface area contributed by atoms with Crippen LogP contribution in [0.2, 0.25) is 0 Å². The minimum absolute atomic E-state index is 0.779. The predicted octanol–water partition coefficient (Wildman–Crippen LogP) is 2.83. The van der Waals surface area contributed by atoms with E-state index in [9.17, 15) is 0 Å². The van der Waals surface area contributed by atoms with E-state index in [-0.39, 0.29) is 0 Å². The quantitative estimate of drug-likeness (QED) is 0.880. The van der Waals surface area contributed by atoms with Gasteiger partial charge in [0.2, 0.25) is 0 Å². The molecule has 0 aliphatic rings. The summed E-state index contributed by atoms with van der Waals surface area (Å²) in [6, 6.07) is 6.03. The van der Waals surface area contributed by atoms with Crippen LogP contribution in [0.3, 0.4) is 0 Å². The minimum Gasteiger partial charge on any atom is -0.497 e. The molecule has 0 aliphatic heterocycles. The number of hydrogen-bond donors (Lipinski definition) is 1. The number of imidazole rings is 1. The molecule has 1 aromatic heterocycles. The lowest BCUT2D eigenvalue weighted by Crippen LogP contribution is -2.06. The van der Waals surface area contributed by atoms with Gasteiger partial charge in [0, 0.05) is 18.4 Å². The Hall–Kier alpha value is -1.97. The molecule has 0 fully saturated rings. The molecule has 0 bridgehead atoms. The molecule has 2 aromatic rings. The zero-order valence-corrected chi connectivity index (χ0v) is 11.1. The van der Waals surface area contributed by atoms with Gasteiger partial charge in [-0.2, -0.15) is 0 Å². The Morgan fingerprint density at radius 2 is 2.22 bits per heavy atom. The van der Waals surface area contributed by atoms with Crippen molar-refractivity contribution in [2.45, 2.75) is 26.9 Å². The molecule has 0 atom stereocenters. The van der Waals surface area contributed by atoms with Crippen molar-refractivity contribution in [3.05, 3.63) is 42.0 Å². The largest absolute Gasteiger partial charge is 0.497 e. The molecule has 0 unspecified atom stereocenters. The van der Waals surface area contributed by atoms with Gasteiger partial charge in [-0.1, -0.05) is 0 Å². The first-order valence-electron chi connectivity index (χ1n) is 6.12. The molecule has 4 nitrogen and oxygen atoms in total. The third kappa shape index (κ3) is 2.64. The van der Waals surface area contributed by atoms with Gasteiger partial charge in [0.1, 0.15) is 5.75 Å². The second-order valence-corrected chi connectivity index (χ2v) is 4.21. The van der Waals surface area contributed by atoms with E-state index in [0.717, 1.165) is 24.5 Å². The van der Waals surface area contributed by atoms with Gasteiger partial charge in [0.15, 0.2) is 0 Å². The van der Waals surface area contributed by atoms with Crippen molar-refractivity contribution in [2.75, 3.05) is 12.4 Å². The average molecular weight is 245 g/mol. The third-order valence-electron chi connectivity index (χ3n) is 3.03. The van der Waals surface area contributed by atoms with Crippen LogP contribution in [0.25, 0.3) is 0 Å². The van der Waals surface area contributed by atoms with Crippen molar-refractivity contribution in [1.82, 2.24) is 9.55 Å². The highest BCUT2D eigenvalue weighted by atomic mass is 16.5. The first kappa shape index (κ1) is 12.5. The fraction of sp³-hybridized carbons (Fsp3) is 0.357. The van der Waals surface area contributed by atoms with Crippen molar-refractivity contribution in [3.8, 4) is 5.75 Å². The molecule has 0 saturated heterocycles. The van der Waals surface area contributed by atoms with E-state index in [1.54, 1.807) is 7.11 Å². The number of nitrogens with one attached hydrogen (secondary N) is 1. The van der Waals surface area contributed by atoms with Gasteiger partial charge in [-0.25, -0.2) is 4.98 Å². The fourth-order valence-corrected chi connectivity index (χ4v) is 1.93. The number of methoxy groups -OCH3 is 1. The first-order valence-corrected chi connectivity index (χ1v) is 6.12. The van der Waals surface area contributed by atoms with Gasteiger partial charge >= 0.3 is 0 Å². The monoisotopic (exact) mass is 245 g/mol. The Labute approximate surface area is 108 Å². The Balaban J connectivity index is 2.06. The van der Waals surface area contributed by atoms with E-state index in [2.05, 4.69) is 28.7 Å². The highest BCUT2D eigenvalue weighted by molar-refractivity contribution is 5.53. The zero-order valence-electron chi connectivity index (χ0n) is 11.1. The number of ether oxygens (including phenoxy) is 1. The number of aryl methyl sites for hydroxylation is 2. The van der Waals surface area contributed by atoms with Gasteiger partial charge < -0.3 is 14.6 Å². The van der Waals surface area contributed by atoms with E-state index in [0.29, 0.717) is 0 Å². The molecule has 0 amide bonds. The molecule has 0 radical (unpaired) electrons. The van der Waals surface area contributed by atoms with Crippen LogP contribution in [0.1, 0.15) is 18.2 Å². The molecule has 0 spiro atoms. The molecular formula is C14H19N3O. The maximum absolute atomic E-state index is 5.20. The molecule has 2 rings (SSSR count). The number of benzene rings is 1. The predicted molar refractivity (Wildman–Crippen MR) is 73.0 cm³/mol. The Bertz CT molecular complexity index is 520. The van der Waals surface area contributed by atoms with Gasteiger partial charge in [-0.05, 0) is 37.6 Å². The maximum Gasteiger partial charge on any atom is 0.119 e. The standard InChI is InChI=1S/C14H19N3O/c1-4-17-10-15-8-12(17)9-16-14-6-5-13(18-3)7-11(14)2/h5-8,10,16H,4,9H2,1-3H3. The lowest BCUT2D eigenvalue weighted by atomic mass is 10.2. The molecule has 4 heteroatoms. The average Bonchev–Trinajstić information content (AvgIpc) is 2.84. The molecule has 18 heavy (non-hydrogen) atoms. The molecular weight excluding hydrogens is 226 g/mol. The van der Waals surface area contributed by atoms with E-state index in [1.807, 2.05) is 30.7 Å². The Kier molecular flexibility index (Phi) is 3.87. The molecule has 1 heterocycles. The second-order valence-electron chi connectivity index (χ2n) is 4.21. The van der Waals surface area contributed by atoms with Crippen LogP contribution >= 0.6 is 0 Å². The normalized spacial score (nSPS) is 10.4. The highest BCUT2D eigenvalue weighted by Gasteiger charge is 2.03. The Morgan fingerprint density at radius 1 is 1.39 bits per heavy atom. The van der Waals surface area contributed by atoms with Gasteiger partial charge in [-0.15, -0.1) is 0 Å². The number of anilines is 1. The fourth-order valence-electron chi connectivity index (χ4n) is 1.93. The second kappa shape index (κ2) is 5.58. The van der Waals surface area contributed by atoms with Crippen molar-refractivity contribution >= 4 is 5.69 Å². The van der Waals surface area contributed by atoms with Gasteiger partial charge in [0.25, 0.3) is 0 Å². The van der Waals surface area contributed by atoms with Crippen LogP contribution < -0.4 is 10.1 Å². The van der Waals surface area contributed by atoms with Crippen LogP contribution in [0.4, 0.5) is 5.69 Å². The van der Waals surface area contributed by atoms with Crippen LogP contribution in [-0.4, -0.2) is 16.7 Å². The van der Waals surface area contributed by atoms with E-state index >= 15 is 0 Å². The van der Waals surface area contributed by atoms with E-state index in [1.165, 1.54) is 11.3 Å². The number of rotatable bonds is 5. The molecule has 0 aliphatic carbocycles. The summed E-state index contributed by atoms with van der Waals surface area (Å²) in [4.78, 5) is 4.16. The van der Waals surface area contributed by atoms with E-state index in [4.69, 9.17) is 4.74 Å². The molecule has 1 aromatic carbocycles. The van der Waals surface area contributed by atoms with Crippen LogP contribution in [0, 0.1) is 6.92 Å². The van der Waals surface area contributed by atoms with Crippen molar-refractivity contribution in [1.29, 1.82) is 0 Å². The summed E-state index contributed by atoms with van der Waals surface area (Å²) in [5.74, 6) is 0.886. The summed E-state index contributed by atoms with van der Waals surface area (Å²) in [6.45, 7) is 5.91. The lowest BCUT2D eigenvalue weighted by Gasteiger charge is -2.11.